The molecule has 1 aromatic heterocycles. The molecule has 0 bridgehead atoms. The van der Waals surface area contributed by atoms with Crippen LogP contribution in [0.15, 0.2) is 24.3 Å². The third kappa shape index (κ3) is 1.38. The zero-order chi connectivity index (χ0) is 10.1. The Balaban J connectivity index is 2.72. The predicted octanol–water partition coefficient (Wildman–Crippen LogP) is 2.57. The van der Waals surface area contributed by atoms with Crippen molar-refractivity contribution in [3.05, 3.63) is 29.4 Å². The first-order valence-corrected chi connectivity index (χ1v) is 4.87. The van der Waals surface area contributed by atoms with Gasteiger partial charge in [-0.15, -0.1) is 11.6 Å². The van der Waals surface area contributed by atoms with Crippen molar-refractivity contribution in [3.63, 3.8) is 0 Å². The van der Waals surface area contributed by atoms with Gasteiger partial charge in [0.1, 0.15) is 5.88 Å². The smallest absolute Gasteiger partial charge is 0.262 e. The van der Waals surface area contributed by atoms with Crippen LogP contribution in [0.5, 0.6) is 0 Å². The maximum Gasteiger partial charge on any atom is 0.262 e. The van der Waals surface area contributed by atoms with Gasteiger partial charge in [0.25, 0.3) is 5.91 Å². The molecule has 14 heavy (non-hydrogen) atoms. The lowest BCUT2D eigenvalue weighted by Gasteiger charge is -1.96. The molecule has 72 valence electrons. The summed E-state index contributed by atoms with van der Waals surface area (Å²) in [4.78, 5) is 11.4. The first kappa shape index (κ1) is 9.49. The highest BCUT2D eigenvalue weighted by atomic mass is 35.5. The fourth-order valence-electron chi connectivity index (χ4n) is 1.28. The number of nitrogens with zero attached hydrogens (tertiary/aromatic N) is 2. The Morgan fingerprint density at radius 3 is 2.86 bits per heavy atom. The van der Waals surface area contributed by atoms with Crippen LogP contribution in [0.4, 0.5) is 0 Å². The molecule has 0 aliphatic rings. The highest BCUT2D eigenvalue weighted by molar-refractivity contribution is 6.35. The van der Waals surface area contributed by atoms with Crippen molar-refractivity contribution >= 4 is 40.0 Å². The minimum atomic E-state index is -0.283. The number of alkyl halides is 1. The number of fused-ring (bicyclic) bond motifs is 1. The Morgan fingerprint density at radius 1 is 1.43 bits per heavy atom. The first-order valence-electron chi connectivity index (χ1n) is 3.96. The molecule has 0 radical (unpaired) electrons. The SMILES string of the molecule is O=C(CCl)n1nc(Cl)c2ccccc21. The largest absolute Gasteiger partial charge is 0.271 e. The second-order valence-electron chi connectivity index (χ2n) is 2.75. The monoisotopic (exact) mass is 228 g/mol. The molecule has 0 amide bonds. The average Bonchev–Trinajstić information content (AvgIpc) is 2.56. The van der Waals surface area contributed by atoms with Gasteiger partial charge in [0.15, 0.2) is 5.15 Å². The Kier molecular flexibility index (Phi) is 2.44. The zero-order valence-corrected chi connectivity index (χ0v) is 8.59. The van der Waals surface area contributed by atoms with Gasteiger partial charge in [-0.05, 0) is 12.1 Å². The minimum Gasteiger partial charge on any atom is -0.271 e. The van der Waals surface area contributed by atoms with Gasteiger partial charge in [-0.2, -0.15) is 9.78 Å². The van der Waals surface area contributed by atoms with Crippen LogP contribution in [0, 0.1) is 0 Å². The van der Waals surface area contributed by atoms with E-state index in [-0.39, 0.29) is 11.8 Å². The number of hydrogen-bond acceptors (Lipinski definition) is 2. The third-order valence-electron chi connectivity index (χ3n) is 1.89. The van der Waals surface area contributed by atoms with Crippen molar-refractivity contribution in [1.82, 2.24) is 9.78 Å². The molecule has 0 aliphatic carbocycles. The van der Waals surface area contributed by atoms with Gasteiger partial charge in [-0.25, -0.2) is 0 Å². The topological polar surface area (TPSA) is 34.9 Å². The van der Waals surface area contributed by atoms with Crippen LogP contribution in [-0.2, 0) is 0 Å². The summed E-state index contributed by atoms with van der Waals surface area (Å²) < 4.78 is 1.23. The van der Waals surface area contributed by atoms with Crippen LogP contribution in [0.2, 0.25) is 5.15 Å². The van der Waals surface area contributed by atoms with Crippen molar-refractivity contribution in [2.24, 2.45) is 0 Å². The maximum atomic E-state index is 11.4. The lowest BCUT2D eigenvalue weighted by Crippen LogP contribution is -2.13. The molecule has 3 nitrogen and oxygen atoms in total. The highest BCUT2D eigenvalue weighted by Crippen LogP contribution is 2.22. The average molecular weight is 229 g/mol. The summed E-state index contributed by atoms with van der Waals surface area (Å²) in [6, 6.07) is 7.24. The summed E-state index contributed by atoms with van der Waals surface area (Å²) in [5.41, 5.74) is 0.683. The lowest BCUT2D eigenvalue weighted by molar-refractivity contribution is 0.0930. The van der Waals surface area contributed by atoms with Gasteiger partial charge in [0, 0.05) is 5.39 Å². The molecule has 0 N–H and O–H groups in total. The van der Waals surface area contributed by atoms with Crippen molar-refractivity contribution in [3.8, 4) is 0 Å². The van der Waals surface area contributed by atoms with E-state index in [0.29, 0.717) is 10.7 Å². The normalized spacial score (nSPS) is 10.7. The lowest BCUT2D eigenvalue weighted by atomic mass is 10.2. The molecular weight excluding hydrogens is 223 g/mol. The van der Waals surface area contributed by atoms with E-state index in [9.17, 15) is 4.79 Å². The molecule has 5 heteroatoms. The van der Waals surface area contributed by atoms with Crippen LogP contribution in [0.1, 0.15) is 4.79 Å². The summed E-state index contributed by atoms with van der Waals surface area (Å²) >= 11 is 11.3. The van der Waals surface area contributed by atoms with E-state index in [1.54, 1.807) is 6.07 Å². The summed E-state index contributed by atoms with van der Waals surface area (Å²) in [5, 5.41) is 4.98. The summed E-state index contributed by atoms with van der Waals surface area (Å²) in [7, 11) is 0. The third-order valence-corrected chi connectivity index (χ3v) is 2.40. The van der Waals surface area contributed by atoms with Crippen molar-refractivity contribution < 1.29 is 4.79 Å². The van der Waals surface area contributed by atoms with E-state index >= 15 is 0 Å². The second-order valence-corrected chi connectivity index (χ2v) is 3.37. The van der Waals surface area contributed by atoms with E-state index < -0.39 is 0 Å². The Morgan fingerprint density at radius 2 is 2.14 bits per heavy atom. The number of hydrogen-bond donors (Lipinski definition) is 0. The molecule has 0 saturated heterocycles. The summed E-state index contributed by atoms with van der Waals surface area (Å²) in [6.45, 7) is 0. The fourth-order valence-corrected chi connectivity index (χ4v) is 1.62. The molecule has 0 saturated carbocycles. The van der Waals surface area contributed by atoms with Gasteiger partial charge in [0.05, 0.1) is 5.52 Å². The molecule has 0 spiro atoms. The Bertz CT molecular complexity index is 493. The summed E-state index contributed by atoms with van der Waals surface area (Å²) in [6.07, 6.45) is 0. The number of carbonyl (C=O) groups excluding carboxylic acids is 1. The molecular formula is C9H6Cl2N2O. The van der Waals surface area contributed by atoms with Gasteiger partial charge in [-0.1, -0.05) is 23.7 Å². The number of halogens is 2. The number of para-hydroxylation sites is 1. The van der Waals surface area contributed by atoms with Gasteiger partial charge < -0.3 is 0 Å². The quantitative estimate of drug-likeness (QED) is 0.704. The maximum absolute atomic E-state index is 11.4. The van der Waals surface area contributed by atoms with Gasteiger partial charge >= 0.3 is 0 Å². The molecule has 1 aromatic carbocycles. The number of aromatic nitrogens is 2. The van der Waals surface area contributed by atoms with Gasteiger partial charge in [-0.3, -0.25) is 4.79 Å². The molecule has 1 heterocycles. The second kappa shape index (κ2) is 3.59. The highest BCUT2D eigenvalue weighted by Gasteiger charge is 2.12. The van der Waals surface area contributed by atoms with Crippen LogP contribution in [-0.4, -0.2) is 21.6 Å². The zero-order valence-electron chi connectivity index (χ0n) is 7.08. The van der Waals surface area contributed by atoms with Crippen molar-refractivity contribution in [1.29, 1.82) is 0 Å². The minimum absolute atomic E-state index is 0.109. The summed E-state index contributed by atoms with van der Waals surface area (Å²) in [5.74, 6) is -0.392. The van der Waals surface area contributed by atoms with E-state index in [4.69, 9.17) is 23.2 Å². The van der Waals surface area contributed by atoms with Crippen molar-refractivity contribution in [2.45, 2.75) is 0 Å². The van der Waals surface area contributed by atoms with Crippen LogP contribution in [0.3, 0.4) is 0 Å². The van der Waals surface area contributed by atoms with E-state index in [1.165, 1.54) is 4.68 Å². The van der Waals surface area contributed by atoms with Crippen LogP contribution >= 0.6 is 23.2 Å². The van der Waals surface area contributed by atoms with Crippen LogP contribution < -0.4 is 0 Å². The molecule has 0 fully saturated rings. The van der Waals surface area contributed by atoms with Crippen molar-refractivity contribution in [2.75, 3.05) is 5.88 Å². The first-order chi connectivity index (χ1) is 6.74. The number of rotatable bonds is 1. The van der Waals surface area contributed by atoms with Crippen LogP contribution in [0.25, 0.3) is 10.9 Å². The predicted molar refractivity (Wildman–Crippen MR) is 56.1 cm³/mol. The van der Waals surface area contributed by atoms with E-state index in [1.807, 2.05) is 18.2 Å². The molecule has 0 unspecified atom stereocenters. The van der Waals surface area contributed by atoms with Gasteiger partial charge in [0.2, 0.25) is 0 Å². The molecule has 2 rings (SSSR count). The number of benzene rings is 1. The number of carbonyl (C=O) groups is 1. The molecule has 0 aliphatic heterocycles. The van der Waals surface area contributed by atoms with E-state index in [2.05, 4.69) is 5.10 Å². The standard InChI is InChI=1S/C9H6Cl2N2O/c10-5-8(14)13-7-4-2-1-3-6(7)9(11)12-13/h1-4H,5H2. The van der Waals surface area contributed by atoms with E-state index in [0.717, 1.165) is 5.39 Å². The molecule has 0 atom stereocenters. The Hall–Kier alpha value is -1.06. The Labute approximate surface area is 90.2 Å². The fraction of sp³-hybridized carbons (Fsp3) is 0.111. The molecule has 2 aromatic rings.